The number of amides is 2. The van der Waals surface area contributed by atoms with Crippen LogP contribution in [-0.4, -0.2) is 43.6 Å². The van der Waals surface area contributed by atoms with E-state index in [0.29, 0.717) is 13.0 Å². The van der Waals surface area contributed by atoms with Gasteiger partial charge in [0.05, 0.1) is 6.54 Å². The number of esters is 1. The van der Waals surface area contributed by atoms with E-state index in [1.165, 1.54) is 0 Å². The van der Waals surface area contributed by atoms with Crippen molar-refractivity contribution in [1.29, 1.82) is 0 Å². The molecule has 1 aliphatic rings. The molecule has 0 aromatic heterocycles. The van der Waals surface area contributed by atoms with Crippen molar-refractivity contribution < 1.29 is 23.9 Å². The molecular formula is C17H22N2O5. The molecule has 7 nitrogen and oxygen atoms in total. The average Bonchev–Trinajstić information content (AvgIpc) is 3.13. The molecule has 2 amide bonds. The first-order valence-corrected chi connectivity index (χ1v) is 8.03. The summed E-state index contributed by atoms with van der Waals surface area (Å²) in [6.45, 7) is 1.92. The Hall–Kier alpha value is -2.41. The molecule has 1 fully saturated rings. The third-order valence-corrected chi connectivity index (χ3v) is 3.66. The van der Waals surface area contributed by atoms with Gasteiger partial charge in [0.25, 0.3) is 5.91 Å². The molecule has 1 saturated heterocycles. The van der Waals surface area contributed by atoms with E-state index >= 15 is 0 Å². The number of benzene rings is 1. The largest absolute Gasteiger partial charge is 0.454 e. The Bertz CT molecular complexity index is 596. The van der Waals surface area contributed by atoms with E-state index in [4.69, 9.17) is 9.47 Å². The number of aryl methyl sites for hydroxylation is 1. The summed E-state index contributed by atoms with van der Waals surface area (Å²) < 4.78 is 10.0. The van der Waals surface area contributed by atoms with Crippen LogP contribution in [0.25, 0.3) is 0 Å². The topological polar surface area (TPSA) is 93.7 Å². The van der Waals surface area contributed by atoms with Crippen LogP contribution >= 0.6 is 0 Å². The predicted molar refractivity (Wildman–Crippen MR) is 87.4 cm³/mol. The molecule has 0 bridgehead atoms. The predicted octanol–water partition coefficient (Wildman–Crippen LogP) is 1.03. The number of ether oxygens (including phenoxy) is 2. The summed E-state index contributed by atoms with van der Waals surface area (Å²) in [6.07, 6.45) is 1.64. The molecule has 1 atom stereocenters. The Kier molecular flexibility index (Phi) is 6.74. The molecule has 0 saturated carbocycles. The summed E-state index contributed by atoms with van der Waals surface area (Å²) in [5.41, 5.74) is 1.74. The van der Waals surface area contributed by atoms with Gasteiger partial charge in [0.15, 0.2) is 12.7 Å². The van der Waals surface area contributed by atoms with Crippen LogP contribution in [0, 0.1) is 0 Å². The molecule has 1 aliphatic heterocycles. The Morgan fingerprint density at radius 1 is 1.25 bits per heavy atom. The first-order valence-electron chi connectivity index (χ1n) is 8.03. The van der Waals surface area contributed by atoms with Crippen LogP contribution in [0.4, 0.5) is 5.69 Å². The highest BCUT2D eigenvalue weighted by Gasteiger charge is 2.25. The van der Waals surface area contributed by atoms with E-state index in [-0.39, 0.29) is 12.5 Å². The van der Waals surface area contributed by atoms with Crippen LogP contribution in [0.3, 0.4) is 0 Å². The molecule has 0 radical (unpaired) electrons. The molecule has 1 aromatic rings. The summed E-state index contributed by atoms with van der Waals surface area (Å²) >= 11 is 0. The SMILES string of the molecule is CCc1ccccc1NC(=O)CNC(=O)COC(=O)[C@@H]1CCCO1. The molecule has 24 heavy (non-hydrogen) atoms. The number of para-hydroxylation sites is 1. The third-order valence-electron chi connectivity index (χ3n) is 3.66. The van der Waals surface area contributed by atoms with Crippen molar-refractivity contribution in [3.8, 4) is 0 Å². The van der Waals surface area contributed by atoms with Crippen molar-refractivity contribution in [3.05, 3.63) is 29.8 Å². The zero-order valence-electron chi connectivity index (χ0n) is 13.7. The maximum Gasteiger partial charge on any atom is 0.335 e. The molecule has 0 spiro atoms. The second-order valence-electron chi connectivity index (χ2n) is 5.44. The quantitative estimate of drug-likeness (QED) is 0.726. The highest BCUT2D eigenvalue weighted by atomic mass is 16.6. The standard InChI is InChI=1S/C17H22N2O5/c1-2-12-6-3-4-7-13(12)19-15(20)10-18-16(21)11-24-17(22)14-8-5-9-23-14/h3-4,6-7,14H,2,5,8-11H2,1H3,(H,18,21)(H,19,20)/t14-/m0/s1. The molecule has 2 N–H and O–H groups in total. The van der Waals surface area contributed by atoms with Gasteiger partial charge in [0, 0.05) is 12.3 Å². The van der Waals surface area contributed by atoms with Crippen LogP contribution < -0.4 is 10.6 Å². The number of anilines is 1. The minimum absolute atomic E-state index is 0.186. The van der Waals surface area contributed by atoms with E-state index in [1.807, 2.05) is 31.2 Å². The Balaban J connectivity index is 1.69. The Morgan fingerprint density at radius 2 is 2.04 bits per heavy atom. The summed E-state index contributed by atoms with van der Waals surface area (Å²) in [6, 6.07) is 7.47. The van der Waals surface area contributed by atoms with Crippen molar-refractivity contribution in [2.24, 2.45) is 0 Å². The van der Waals surface area contributed by atoms with E-state index < -0.39 is 24.6 Å². The van der Waals surface area contributed by atoms with Gasteiger partial charge in [0.2, 0.25) is 5.91 Å². The Labute approximate surface area is 140 Å². The fraction of sp³-hybridized carbons (Fsp3) is 0.471. The fourth-order valence-corrected chi connectivity index (χ4v) is 2.37. The van der Waals surface area contributed by atoms with Crippen LogP contribution in [0.1, 0.15) is 25.3 Å². The number of carbonyl (C=O) groups is 3. The van der Waals surface area contributed by atoms with Crippen molar-refractivity contribution >= 4 is 23.5 Å². The van der Waals surface area contributed by atoms with E-state index in [0.717, 1.165) is 24.1 Å². The maximum atomic E-state index is 11.9. The first-order chi connectivity index (χ1) is 11.6. The number of rotatable bonds is 7. The van der Waals surface area contributed by atoms with E-state index in [9.17, 15) is 14.4 Å². The van der Waals surface area contributed by atoms with Crippen LogP contribution in [-0.2, 0) is 30.3 Å². The highest BCUT2D eigenvalue weighted by Crippen LogP contribution is 2.15. The molecule has 1 aromatic carbocycles. The summed E-state index contributed by atoms with van der Waals surface area (Å²) in [5.74, 6) is -1.40. The molecule has 7 heteroatoms. The van der Waals surface area contributed by atoms with Gasteiger partial charge < -0.3 is 20.1 Å². The molecule has 0 aliphatic carbocycles. The van der Waals surface area contributed by atoms with Gasteiger partial charge in [-0.1, -0.05) is 25.1 Å². The average molecular weight is 334 g/mol. The number of nitrogens with one attached hydrogen (secondary N) is 2. The van der Waals surface area contributed by atoms with Gasteiger partial charge >= 0.3 is 5.97 Å². The molecular weight excluding hydrogens is 312 g/mol. The van der Waals surface area contributed by atoms with E-state index in [2.05, 4.69) is 10.6 Å². The summed E-state index contributed by atoms with van der Waals surface area (Å²) in [4.78, 5) is 35.1. The second kappa shape index (κ2) is 9.02. The monoisotopic (exact) mass is 334 g/mol. The van der Waals surface area contributed by atoms with Crippen LogP contribution in [0.2, 0.25) is 0 Å². The second-order valence-corrected chi connectivity index (χ2v) is 5.44. The van der Waals surface area contributed by atoms with Crippen molar-refractivity contribution in [2.45, 2.75) is 32.3 Å². The number of hydrogen-bond acceptors (Lipinski definition) is 5. The van der Waals surface area contributed by atoms with Gasteiger partial charge in [-0.3, -0.25) is 9.59 Å². The number of hydrogen-bond donors (Lipinski definition) is 2. The van der Waals surface area contributed by atoms with E-state index in [1.54, 1.807) is 0 Å². The van der Waals surface area contributed by atoms with Crippen molar-refractivity contribution in [2.75, 3.05) is 25.1 Å². The number of carbonyl (C=O) groups excluding carboxylic acids is 3. The lowest BCUT2D eigenvalue weighted by Crippen LogP contribution is -2.36. The van der Waals surface area contributed by atoms with Gasteiger partial charge in [-0.2, -0.15) is 0 Å². The first kappa shape index (κ1) is 17.9. The summed E-state index contributed by atoms with van der Waals surface area (Å²) in [7, 11) is 0. The summed E-state index contributed by atoms with van der Waals surface area (Å²) in [5, 5.41) is 5.16. The molecule has 0 unspecified atom stereocenters. The molecule has 2 rings (SSSR count). The lowest BCUT2D eigenvalue weighted by Gasteiger charge is -2.11. The van der Waals surface area contributed by atoms with Gasteiger partial charge in [-0.25, -0.2) is 4.79 Å². The van der Waals surface area contributed by atoms with Gasteiger partial charge in [-0.05, 0) is 30.9 Å². The van der Waals surface area contributed by atoms with Crippen molar-refractivity contribution in [3.63, 3.8) is 0 Å². The fourth-order valence-electron chi connectivity index (χ4n) is 2.37. The minimum atomic E-state index is -0.577. The lowest BCUT2D eigenvalue weighted by atomic mass is 10.1. The minimum Gasteiger partial charge on any atom is -0.454 e. The lowest BCUT2D eigenvalue weighted by molar-refractivity contribution is -0.157. The zero-order chi connectivity index (χ0) is 17.4. The molecule has 1 heterocycles. The van der Waals surface area contributed by atoms with Gasteiger partial charge in [0.1, 0.15) is 0 Å². The van der Waals surface area contributed by atoms with Crippen LogP contribution in [0.15, 0.2) is 24.3 Å². The normalized spacial score (nSPS) is 16.5. The third kappa shape index (κ3) is 5.34. The maximum absolute atomic E-state index is 11.9. The highest BCUT2D eigenvalue weighted by molar-refractivity contribution is 5.95. The van der Waals surface area contributed by atoms with Gasteiger partial charge in [-0.15, -0.1) is 0 Å². The Morgan fingerprint density at radius 3 is 2.75 bits per heavy atom. The zero-order valence-corrected chi connectivity index (χ0v) is 13.7. The van der Waals surface area contributed by atoms with Crippen LogP contribution in [0.5, 0.6) is 0 Å². The van der Waals surface area contributed by atoms with Crippen molar-refractivity contribution in [1.82, 2.24) is 5.32 Å². The smallest absolute Gasteiger partial charge is 0.335 e. The molecule has 130 valence electrons.